The maximum Gasteiger partial charge on any atom is 0.327 e. The van der Waals surface area contributed by atoms with E-state index in [4.69, 9.17) is 26.8 Å². The van der Waals surface area contributed by atoms with Crippen molar-refractivity contribution in [3.63, 3.8) is 0 Å². The smallest absolute Gasteiger partial charge is 0.327 e. The Morgan fingerprint density at radius 1 is 1.31 bits per heavy atom. The first-order valence-corrected chi connectivity index (χ1v) is 10.0. The molecule has 1 amide bonds. The van der Waals surface area contributed by atoms with Crippen LogP contribution in [-0.4, -0.2) is 57.0 Å². The van der Waals surface area contributed by atoms with Crippen molar-refractivity contribution >= 4 is 52.2 Å². The first-order valence-electron chi connectivity index (χ1n) is 8.81. The topological polar surface area (TPSA) is 113 Å². The standard InChI is InChI=1S/C19H21NO7S2/c1-3-4-7-27-13-6-5-11(8-14(13)26-2)9-15-17(23)20(19(28)29-15)12(18(24)25)10-16(21)22/h5-6,8-9,12H,3-4,7,10H2,1-2H3,(H,21,22)(H,24,25)/b15-9+/t12-/m0/s1. The van der Waals surface area contributed by atoms with Gasteiger partial charge >= 0.3 is 11.9 Å². The van der Waals surface area contributed by atoms with Crippen LogP contribution in [0, 0.1) is 0 Å². The van der Waals surface area contributed by atoms with Crippen LogP contribution in [0.3, 0.4) is 0 Å². The predicted molar refractivity (Wildman–Crippen MR) is 112 cm³/mol. The van der Waals surface area contributed by atoms with Crippen molar-refractivity contribution in [2.45, 2.75) is 32.2 Å². The molecule has 1 saturated heterocycles. The average molecular weight is 440 g/mol. The molecule has 0 radical (unpaired) electrons. The number of thioether (sulfide) groups is 1. The fourth-order valence-corrected chi connectivity index (χ4v) is 3.93. The maximum absolute atomic E-state index is 12.7. The van der Waals surface area contributed by atoms with Crippen LogP contribution in [-0.2, 0) is 14.4 Å². The molecule has 0 bridgehead atoms. The Kier molecular flexibility index (Phi) is 8.03. The Bertz CT molecular complexity index is 853. The molecule has 1 aromatic rings. The highest BCUT2D eigenvalue weighted by Crippen LogP contribution is 2.36. The Morgan fingerprint density at radius 3 is 2.62 bits per heavy atom. The maximum atomic E-state index is 12.7. The fourth-order valence-electron chi connectivity index (χ4n) is 2.57. The number of hydrogen-bond acceptors (Lipinski definition) is 7. The van der Waals surface area contributed by atoms with Gasteiger partial charge in [-0.2, -0.15) is 0 Å². The van der Waals surface area contributed by atoms with Gasteiger partial charge in [-0.05, 0) is 30.2 Å². The Balaban J connectivity index is 2.26. The molecule has 0 saturated carbocycles. The van der Waals surface area contributed by atoms with E-state index < -0.39 is 30.3 Å². The van der Waals surface area contributed by atoms with Crippen LogP contribution in [0.15, 0.2) is 23.1 Å². The third-order valence-corrected chi connectivity index (χ3v) is 5.36. The second-order valence-electron chi connectivity index (χ2n) is 6.12. The molecule has 0 aromatic heterocycles. The molecule has 0 spiro atoms. The molecular formula is C19H21NO7S2. The van der Waals surface area contributed by atoms with Crippen LogP contribution < -0.4 is 9.47 Å². The van der Waals surface area contributed by atoms with E-state index in [9.17, 15) is 19.5 Å². The van der Waals surface area contributed by atoms with E-state index in [1.165, 1.54) is 7.11 Å². The number of carbonyl (C=O) groups is 3. The normalized spacial score (nSPS) is 16.2. The molecule has 1 heterocycles. The summed E-state index contributed by atoms with van der Waals surface area (Å²) in [5, 5.41) is 18.2. The van der Waals surface area contributed by atoms with E-state index in [2.05, 4.69) is 6.92 Å². The number of aliphatic carboxylic acids is 2. The molecule has 0 aliphatic carbocycles. The lowest BCUT2D eigenvalue weighted by Gasteiger charge is -2.21. The average Bonchev–Trinajstić information content (AvgIpc) is 2.93. The van der Waals surface area contributed by atoms with Gasteiger partial charge < -0.3 is 19.7 Å². The summed E-state index contributed by atoms with van der Waals surface area (Å²) in [5.41, 5.74) is 0.635. The molecule has 1 aliphatic heterocycles. The largest absolute Gasteiger partial charge is 0.493 e. The zero-order valence-electron chi connectivity index (χ0n) is 15.9. The highest BCUT2D eigenvalue weighted by Gasteiger charge is 2.41. The highest BCUT2D eigenvalue weighted by molar-refractivity contribution is 8.26. The summed E-state index contributed by atoms with van der Waals surface area (Å²) in [5.74, 6) is -2.33. The van der Waals surface area contributed by atoms with Gasteiger partial charge in [0.25, 0.3) is 5.91 Å². The third-order valence-electron chi connectivity index (χ3n) is 4.03. The third kappa shape index (κ3) is 5.70. The van der Waals surface area contributed by atoms with Crippen LogP contribution in [0.2, 0.25) is 0 Å². The highest BCUT2D eigenvalue weighted by atomic mass is 32.2. The number of rotatable bonds is 10. The second-order valence-corrected chi connectivity index (χ2v) is 7.79. The lowest BCUT2D eigenvalue weighted by molar-refractivity contribution is -0.150. The van der Waals surface area contributed by atoms with E-state index >= 15 is 0 Å². The number of ether oxygens (including phenoxy) is 2. The second kappa shape index (κ2) is 10.3. The number of hydrogen-bond donors (Lipinski definition) is 2. The van der Waals surface area contributed by atoms with Gasteiger partial charge in [0, 0.05) is 0 Å². The SMILES string of the molecule is CCCCOc1ccc(/C=C2/SC(=S)N([C@@H](CC(=O)O)C(=O)O)C2=O)cc1OC. The Hall–Kier alpha value is -2.59. The number of carboxylic acid groups (broad SMARTS) is 2. The van der Waals surface area contributed by atoms with Gasteiger partial charge in [-0.15, -0.1) is 0 Å². The Labute approximate surface area is 177 Å². The molecule has 1 aliphatic rings. The molecule has 0 unspecified atom stereocenters. The summed E-state index contributed by atoms with van der Waals surface area (Å²) in [4.78, 5) is 36.1. The number of carboxylic acids is 2. The monoisotopic (exact) mass is 439 g/mol. The van der Waals surface area contributed by atoms with Crippen molar-refractivity contribution in [2.24, 2.45) is 0 Å². The number of unbranched alkanes of at least 4 members (excludes halogenated alkanes) is 1. The number of carbonyl (C=O) groups excluding carboxylic acids is 1. The first-order chi connectivity index (χ1) is 13.8. The van der Waals surface area contributed by atoms with E-state index in [-0.39, 0.29) is 9.23 Å². The van der Waals surface area contributed by atoms with Crippen LogP contribution in [0.4, 0.5) is 0 Å². The molecule has 10 heteroatoms. The molecule has 1 fully saturated rings. The minimum absolute atomic E-state index is 0.00128. The minimum atomic E-state index is -1.56. The molecule has 2 N–H and O–H groups in total. The Morgan fingerprint density at radius 2 is 2.03 bits per heavy atom. The van der Waals surface area contributed by atoms with Gasteiger partial charge in [0.15, 0.2) is 11.5 Å². The molecule has 8 nitrogen and oxygen atoms in total. The first kappa shape index (κ1) is 22.7. The molecule has 156 valence electrons. The zero-order chi connectivity index (χ0) is 21.6. The van der Waals surface area contributed by atoms with E-state index in [0.29, 0.717) is 23.7 Å². The quantitative estimate of drug-likeness (QED) is 0.323. The zero-order valence-corrected chi connectivity index (χ0v) is 17.5. The molecule has 29 heavy (non-hydrogen) atoms. The van der Waals surface area contributed by atoms with Crippen LogP contribution in [0.25, 0.3) is 6.08 Å². The number of methoxy groups -OCH3 is 1. The van der Waals surface area contributed by atoms with E-state index in [0.717, 1.165) is 29.5 Å². The summed E-state index contributed by atoms with van der Waals surface area (Å²) in [7, 11) is 1.51. The minimum Gasteiger partial charge on any atom is -0.493 e. The van der Waals surface area contributed by atoms with Crippen molar-refractivity contribution in [2.75, 3.05) is 13.7 Å². The lowest BCUT2D eigenvalue weighted by atomic mass is 10.1. The van der Waals surface area contributed by atoms with Crippen molar-refractivity contribution in [1.29, 1.82) is 0 Å². The fraction of sp³-hybridized carbons (Fsp3) is 0.368. The van der Waals surface area contributed by atoms with Crippen LogP contribution >= 0.6 is 24.0 Å². The number of amides is 1. The predicted octanol–water partition coefficient (Wildman–Crippen LogP) is 3.00. The summed E-state index contributed by atoms with van der Waals surface area (Å²) in [6, 6.07) is 3.60. The van der Waals surface area contributed by atoms with Gasteiger partial charge in [0.2, 0.25) is 0 Å². The van der Waals surface area contributed by atoms with Crippen LogP contribution in [0.1, 0.15) is 31.7 Å². The van der Waals surface area contributed by atoms with Crippen molar-refractivity contribution in [1.82, 2.24) is 4.90 Å². The summed E-state index contributed by atoms with van der Waals surface area (Å²) < 4.78 is 11.0. The van der Waals surface area contributed by atoms with Crippen molar-refractivity contribution < 1.29 is 34.1 Å². The molecule has 2 rings (SSSR count). The van der Waals surface area contributed by atoms with Crippen molar-refractivity contribution in [3.05, 3.63) is 28.7 Å². The number of thiocarbonyl (C=S) groups is 1. The van der Waals surface area contributed by atoms with Gasteiger partial charge in [0.1, 0.15) is 10.4 Å². The van der Waals surface area contributed by atoms with E-state index in [1.807, 2.05) is 0 Å². The molecule has 1 atom stereocenters. The van der Waals surface area contributed by atoms with Gasteiger partial charge in [-0.3, -0.25) is 14.5 Å². The number of benzene rings is 1. The van der Waals surface area contributed by atoms with E-state index in [1.54, 1.807) is 24.3 Å². The molecule has 1 aromatic carbocycles. The summed E-state index contributed by atoms with van der Waals surface area (Å²) in [6.07, 6.45) is 2.72. The van der Waals surface area contributed by atoms with Gasteiger partial charge in [0.05, 0.1) is 25.0 Å². The molecular weight excluding hydrogens is 418 g/mol. The van der Waals surface area contributed by atoms with Gasteiger partial charge in [-0.1, -0.05) is 43.4 Å². The number of nitrogens with zero attached hydrogens (tertiary/aromatic N) is 1. The summed E-state index contributed by atoms with van der Waals surface area (Å²) in [6.45, 7) is 2.62. The van der Waals surface area contributed by atoms with Crippen molar-refractivity contribution in [3.8, 4) is 11.5 Å². The lowest BCUT2D eigenvalue weighted by Crippen LogP contribution is -2.45. The summed E-state index contributed by atoms with van der Waals surface area (Å²) >= 11 is 6.04. The van der Waals surface area contributed by atoms with Crippen LogP contribution in [0.5, 0.6) is 11.5 Å². The van der Waals surface area contributed by atoms with Gasteiger partial charge in [-0.25, -0.2) is 4.79 Å².